The van der Waals surface area contributed by atoms with Crippen LogP contribution in [-0.2, 0) is 4.79 Å². The minimum absolute atomic E-state index is 0.129. The van der Waals surface area contributed by atoms with E-state index in [2.05, 4.69) is 62.7 Å². The van der Waals surface area contributed by atoms with Crippen LogP contribution in [0.3, 0.4) is 0 Å². The lowest BCUT2D eigenvalue weighted by Crippen LogP contribution is -2.56. The van der Waals surface area contributed by atoms with Gasteiger partial charge < -0.3 is 4.90 Å². The molecule has 0 N–H and O–H groups in total. The second kappa shape index (κ2) is 5.12. The Labute approximate surface area is 137 Å². The van der Waals surface area contributed by atoms with E-state index in [0.29, 0.717) is 5.92 Å². The van der Waals surface area contributed by atoms with Crippen molar-refractivity contribution in [1.29, 1.82) is 0 Å². The van der Waals surface area contributed by atoms with Crippen LogP contribution in [0.15, 0.2) is 12.1 Å². The molecule has 2 rings (SSSR count). The summed E-state index contributed by atoms with van der Waals surface area (Å²) in [7, 11) is 0. The van der Waals surface area contributed by atoms with Gasteiger partial charge in [-0.2, -0.15) is 0 Å². The molecule has 21 heavy (non-hydrogen) atoms. The quantitative estimate of drug-likeness (QED) is 0.644. The van der Waals surface area contributed by atoms with E-state index in [0.717, 1.165) is 12.1 Å². The van der Waals surface area contributed by atoms with E-state index in [1.807, 2.05) is 18.7 Å². The van der Waals surface area contributed by atoms with Crippen LogP contribution in [0.25, 0.3) is 0 Å². The van der Waals surface area contributed by atoms with Gasteiger partial charge in [0.2, 0.25) is 5.91 Å². The smallest absolute Gasteiger partial charge is 0.243 e. The number of halogens is 1. The van der Waals surface area contributed by atoms with Crippen LogP contribution in [0, 0.1) is 13.8 Å². The first-order valence-corrected chi connectivity index (χ1v) is 8.39. The monoisotopic (exact) mass is 351 g/mol. The number of hydrogen-bond acceptors (Lipinski definition) is 1. The van der Waals surface area contributed by atoms with Gasteiger partial charge >= 0.3 is 0 Å². The summed E-state index contributed by atoms with van der Waals surface area (Å²) < 4.78 is -0.555. The predicted molar refractivity (Wildman–Crippen MR) is 93.5 cm³/mol. The molecule has 0 saturated carbocycles. The molecule has 0 unspecified atom stereocenters. The van der Waals surface area contributed by atoms with E-state index < -0.39 is 4.32 Å². The fraction of sp³-hybridized carbons (Fsp3) is 0.611. The molecule has 1 aromatic carbocycles. The molecule has 0 spiro atoms. The number of anilines is 1. The van der Waals surface area contributed by atoms with Crippen molar-refractivity contribution in [3.8, 4) is 0 Å². The maximum Gasteiger partial charge on any atom is 0.243 e. The fourth-order valence-corrected chi connectivity index (χ4v) is 3.52. The molecule has 1 atom stereocenters. The molecule has 3 heteroatoms. The Morgan fingerprint density at radius 2 is 1.81 bits per heavy atom. The van der Waals surface area contributed by atoms with Gasteiger partial charge in [0, 0.05) is 11.2 Å². The Bertz CT molecular complexity index is 584. The largest absolute Gasteiger partial charge is 0.305 e. The highest BCUT2D eigenvalue weighted by atomic mass is 79.9. The third-order valence-electron chi connectivity index (χ3n) is 4.54. The fourth-order valence-electron chi connectivity index (χ4n) is 3.34. The molecule has 1 heterocycles. The number of fused-ring (bicyclic) bond motifs is 1. The van der Waals surface area contributed by atoms with Gasteiger partial charge in [0.25, 0.3) is 0 Å². The average Bonchev–Trinajstić information content (AvgIpc) is 2.29. The van der Waals surface area contributed by atoms with Gasteiger partial charge in [-0.25, -0.2) is 0 Å². The van der Waals surface area contributed by atoms with Gasteiger partial charge in [-0.1, -0.05) is 28.9 Å². The molecule has 2 nitrogen and oxygen atoms in total. The molecule has 0 aliphatic carbocycles. The van der Waals surface area contributed by atoms with E-state index in [9.17, 15) is 4.79 Å². The minimum Gasteiger partial charge on any atom is -0.305 e. The molecular formula is C18H26BrNO. The van der Waals surface area contributed by atoms with Crippen molar-refractivity contribution in [3.05, 3.63) is 28.8 Å². The van der Waals surface area contributed by atoms with Crippen molar-refractivity contribution in [2.75, 3.05) is 4.90 Å². The van der Waals surface area contributed by atoms with Crippen LogP contribution in [0.5, 0.6) is 0 Å². The van der Waals surface area contributed by atoms with Crippen molar-refractivity contribution in [3.63, 3.8) is 0 Å². The molecule has 0 aromatic heterocycles. The summed E-state index contributed by atoms with van der Waals surface area (Å²) in [5.74, 6) is 0.598. The zero-order valence-electron chi connectivity index (χ0n) is 14.2. The highest BCUT2D eigenvalue weighted by Crippen LogP contribution is 2.45. The molecule has 0 radical (unpaired) electrons. The van der Waals surface area contributed by atoms with Crippen molar-refractivity contribution < 1.29 is 4.79 Å². The van der Waals surface area contributed by atoms with Gasteiger partial charge in [-0.15, -0.1) is 0 Å². The number of nitrogens with zero attached hydrogens (tertiary/aromatic N) is 1. The Balaban J connectivity index is 2.67. The second-order valence-electron chi connectivity index (χ2n) is 7.53. The Kier molecular flexibility index (Phi) is 4.03. The van der Waals surface area contributed by atoms with E-state index in [1.54, 1.807) is 0 Å². The molecule has 1 aliphatic rings. The standard InChI is InChI=1S/C18H26BrNO/c1-11-8-14-13(3)10-17(4,5)20(15(14)9-12(11)2)16(21)18(6,7)19/h8-9,13H,10H2,1-7H3/t13-/m1/s1. The van der Waals surface area contributed by atoms with Crippen LogP contribution in [0.1, 0.15) is 63.6 Å². The third kappa shape index (κ3) is 2.90. The van der Waals surface area contributed by atoms with Crippen molar-refractivity contribution >= 4 is 27.5 Å². The third-order valence-corrected chi connectivity index (χ3v) is 4.88. The van der Waals surface area contributed by atoms with Gasteiger partial charge in [0.15, 0.2) is 0 Å². The van der Waals surface area contributed by atoms with E-state index in [4.69, 9.17) is 0 Å². The minimum atomic E-state index is -0.555. The predicted octanol–water partition coefficient (Wildman–Crippen LogP) is 5.10. The van der Waals surface area contributed by atoms with Crippen molar-refractivity contribution in [1.82, 2.24) is 0 Å². The lowest BCUT2D eigenvalue weighted by atomic mass is 9.78. The first-order valence-electron chi connectivity index (χ1n) is 7.60. The summed E-state index contributed by atoms with van der Waals surface area (Å²) in [6.45, 7) is 14.7. The number of amides is 1. The number of hydrogen-bond donors (Lipinski definition) is 0. The molecule has 1 aromatic rings. The molecule has 0 fully saturated rings. The zero-order chi connectivity index (χ0) is 16.2. The summed E-state index contributed by atoms with van der Waals surface area (Å²) in [6.07, 6.45) is 0.983. The molecule has 1 aliphatic heterocycles. The summed E-state index contributed by atoms with van der Waals surface area (Å²) >= 11 is 3.54. The maximum atomic E-state index is 13.0. The Hall–Kier alpha value is -0.830. The van der Waals surface area contributed by atoms with Crippen LogP contribution in [0.2, 0.25) is 0 Å². The van der Waals surface area contributed by atoms with Crippen LogP contribution >= 0.6 is 15.9 Å². The summed E-state index contributed by atoms with van der Waals surface area (Å²) in [5, 5.41) is 0. The second-order valence-corrected chi connectivity index (χ2v) is 9.51. The number of rotatable bonds is 1. The zero-order valence-corrected chi connectivity index (χ0v) is 15.8. The van der Waals surface area contributed by atoms with Crippen molar-refractivity contribution in [2.24, 2.45) is 0 Å². The first kappa shape index (κ1) is 16.5. The van der Waals surface area contributed by atoms with Gasteiger partial charge in [0.1, 0.15) is 0 Å². The van der Waals surface area contributed by atoms with E-state index in [-0.39, 0.29) is 11.4 Å². The molecule has 1 amide bonds. The SMILES string of the molecule is Cc1cc2c(cc1C)N(C(=O)C(C)(C)Br)C(C)(C)C[C@H]2C. The number of carbonyl (C=O) groups is 1. The van der Waals surface area contributed by atoms with Crippen LogP contribution < -0.4 is 4.90 Å². The molecular weight excluding hydrogens is 326 g/mol. The number of aryl methyl sites for hydroxylation is 2. The first-order chi connectivity index (χ1) is 9.45. The van der Waals surface area contributed by atoms with Gasteiger partial charge in [-0.05, 0) is 76.6 Å². The maximum absolute atomic E-state index is 13.0. The van der Waals surface area contributed by atoms with E-state index in [1.165, 1.54) is 16.7 Å². The number of alkyl halides is 1. The topological polar surface area (TPSA) is 20.3 Å². The molecule has 0 bridgehead atoms. The Morgan fingerprint density at radius 3 is 2.33 bits per heavy atom. The van der Waals surface area contributed by atoms with Gasteiger partial charge in [-0.3, -0.25) is 4.79 Å². The summed E-state index contributed by atoms with van der Waals surface area (Å²) in [6, 6.07) is 4.44. The Morgan fingerprint density at radius 1 is 1.29 bits per heavy atom. The highest BCUT2D eigenvalue weighted by Gasteiger charge is 2.43. The van der Waals surface area contributed by atoms with Crippen molar-refractivity contribution in [2.45, 2.75) is 70.7 Å². The number of benzene rings is 1. The van der Waals surface area contributed by atoms with Gasteiger partial charge in [0.05, 0.1) is 4.32 Å². The average molecular weight is 352 g/mol. The summed E-state index contributed by atoms with van der Waals surface area (Å²) in [5.41, 5.74) is 4.74. The molecule has 0 saturated heterocycles. The highest BCUT2D eigenvalue weighted by molar-refractivity contribution is 9.10. The lowest BCUT2D eigenvalue weighted by Gasteiger charge is -2.48. The molecule has 116 valence electrons. The normalized spacial score (nSPS) is 21.1. The van der Waals surface area contributed by atoms with Crippen LogP contribution in [-0.4, -0.2) is 15.8 Å². The van der Waals surface area contributed by atoms with E-state index >= 15 is 0 Å². The summed E-state index contributed by atoms with van der Waals surface area (Å²) in [4.78, 5) is 15.0. The van der Waals surface area contributed by atoms with Crippen LogP contribution in [0.4, 0.5) is 5.69 Å². The number of carbonyl (C=O) groups excluding carboxylic acids is 1. The lowest BCUT2D eigenvalue weighted by molar-refractivity contribution is -0.121.